The largest absolute Gasteiger partial charge is 0.382 e. The highest BCUT2D eigenvalue weighted by Crippen LogP contribution is 2.29. The molecule has 0 aromatic heterocycles. The zero-order valence-corrected chi connectivity index (χ0v) is 16.2. The van der Waals surface area contributed by atoms with Gasteiger partial charge in [0.2, 0.25) is 0 Å². The van der Waals surface area contributed by atoms with Crippen molar-refractivity contribution in [2.75, 3.05) is 5.73 Å². The van der Waals surface area contributed by atoms with Crippen molar-refractivity contribution in [1.29, 1.82) is 0 Å². The Morgan fingerprint density at radius 2 is 1.74 bits per heavy atom. The highest BCUT2D eigenvalue weighted by molar-refractivity contribution is 6.35. The minimum atomic E-state index is 0.357. The molecule has 2 N–H and O–H groups in total. The molecule has 27 heavy (non-hydrogen) atoms. The molecular formula is C20H17Cl2N5. The van der Waals surface area contributed by atoms with Crippen LogP contribution in [0.4, 0.5) is 5.82 Å². The molecule has 2 heterocycles. The van der Waals surface area contributed by atoms with Crippen LogP contribution in [0, 0.1) is 6.92 Å². The molecule has 2 aromatic carbocycles. The van der Waals surface area contributed by atoms with Crippen LogP contribution < -0.4 is 5.73 Å². The first-order valence-electron chi connectivity index (χ1n) is 8.47. The number of aromatic nitrogens is 4. The molecule has 5 nitrogen and oxygen atoms in total. The van der Waals surface area contributed by atoms with Gasteiger partial charge in [-0.2, -0.15) is 0 Å². The van der Waals surface area contributed by atoms with Crippen LogP contribution in [0.2, 0.25) is 10.0 Å². The lowest BCUT2D eigenvalue weighted by atomic mass is 10.1. The Morgan fingerprint density at radius 1 is 1.00 bits per heavy atom. The molecule has 0 fully saturated rings. The molecule has 0 atom stereocenters. The summed E-state index contributed by atoms with van der Waals surface area (Å²) in [5, 5.41) is 1.19. The lowest BCUT2D eigenvalue weighted by Crippen LogP contribution is -2.09. The monoisotopic (exact) mass is 397 g/mol. The first kappa shape index (κ1) is 17.8. The Kier molecular flexibility index (Phi) is 4.72. The zero-order valence-electron chi connectivity index (χ0n) is 14.7. The molecule has 0 saturated carbocycles. The van der Waals surface area contributed by atoms with E-state index in [1.165, 1.54) is 11.1 Å². The number of imidazole rings is 1. The van der Waals surface area contributed by atoms with Gasteiger partial charge in [0.05, 0.1) is 12.9 Å². The molecule has 0 spiro atoms. The quantitative estimate of drug-likeness (QED) is 0.545. The maximum atomic E-state index is 6.31. The number of fused-ring (bicyclic) bond motifs is 1. The Morgan fingerprint density at radius 3 is 2.48 bits per heavy atom. The van der Waals surface area contributed by atoms with Gasteiger partial charge in [-0.3, -0.25) is 0 Å². The van der Waals surface area contributed by atoms with Crippen LogP contribution in [-0.4, -0.2) is 19.5 Å². The second kappa shape index (κ2) is 7.18. The molecule has 136 valence electrons. The van der Waals surface area contributed by atoms with Crippen molar-refractivity contribution in [3.63, 3.8) is 0 Å². The van der Waals surface area contributed by atoms with E-state index in [1.54, 1.807) is 6.33 Å². The number of nitrogen functional groups attached to an aromatic ring is 1. The van der Waals surface area contributed by atoms with Gasteiger partial charge in [-0.15, -0.1) is 0 Å². The number of hydrogen-bond donors (Lipinski definition) is 1. The maximum Gasteiger partial charge on any atom is 0.166 e. The third-order valence-electron chi connectivity index (χ3n) is 4.54. The van der Waals surface area contributed by atoms with Crippen LogP contribution in [-0.2, 0) is 13.0 Å². The van der Waals surface area contributed by atoms with E-state index < -0.39 is 0 Å². The van der Waals surface area contributed by atoms with E-state index >= 15 is 0 Å². The van der Waals surface area contributed by atoms with Gasteiger partial charge in [0, 0.05) is 22.0 Å². The Hall–Kier alpha value is -2.63. The van der Waals surface area contributed by atoms with Crippen LogP contribution in [0.5, 0.6) is 0 Å². The fraction of sp³-hybridized carbons (Fsp3) is 0.150. The van der Waals surface area contributed by atoms with Crippen LogP contribution in [0.25, 0.3) is 11.5 Å². The summed E-state index contributed by atoms with van der Waals surface area (Å²) in [6.07, 6.45) is 2.27. The van der Waals surface area contributed by atoms with Gasteiger partial charge in [0.25, 0.3) is 0 Å². The smallest absolute Gasteiger partial charge is 0.166 e. The highest BCUT2D eigenvalue weighted by atomic mass is 35.5. The van der Waals surface area contributed by atoms with E-state index in [4.69, 9.17) is 33.9 Å². The summed E-state index contributed by atoms with van der Waals surface area (Å²) in [7, 11) is 0. The average molecular weight is 398 g/mol. The lowest BCUT2D eigenvalue weighted by molar-refractivity contribution is 0.761. The van der Waals surface area contributed by atoms with Gasteiger partial charge in [-0.25, -0.2) is 15.0 Å². The molecule has 7 heteroatoms. The van der Waals surface area contributed by atoms with E-state index in [-0.39, 0.29) is 0 Å². The molecule has 0 unspecified atom stereocenters. The van der Waals surface area contributed by atoms with Crippen molar-refractivity contribution in [3.05, 3.63) is 81.4 Å². The summed E-state index contributed by atoms with van der Waals surface area (Å²) in [5.74, 6) is 1.73. The second-order valence-corrected chi connectivity index (χ2v) is 7.19. The predicted octanol–water partition coefficient (Wildman–Crippen LogP) is 4.61. The number of benzene rings is 2. The molecule has 0 saturated heterocycles. The number of aryl methyl sites for hydroxylation is 1. The van der Waals surface area contributed by atoms with Crippen molar-refractivity contribution in [1.82, 2.24) is 19.5 Å². The Labute approximate surface area is 167 Å². The van der Waals surface area contributed by atoms with E-state index in [9.17, 15) is 0 Å². The summed E-state index contributed by atoms with van der Waals surface area (Å²) >= 11 is 12.6. The van der Waals surface area contributed by atoms with E-state index in [0.717, 1.165) is 5.56 Å². The van der Waals surface area contributed by atoms with Crippen molar-refractivity contribution >= 4 is 29.0 Å². The third kappa shape index (κ3) is 3.48. The van der Waals surface area contributed by atoms with Crippen molar-refractivity contribution in [2.24, 2.45) is 0 Å². The summed E-state index contributed by atoms with van der Waals surface area (Å²) in [4.78, 5) is 13.6. The SMILES string of the molecule is Cc1ccccc1Cc1nc2c(N)ncn(Cc3c(Cl)cccc3Cl)c-2n1. The van der Waals surface area contributed by atoms with E-state index in [0.29, 0.717) is 46.2 Å². The molecule has 0 radical (unpaired) electrons. The number of anilines is 1. The summed E-state index contributed by atoms with van der Waals surface area (Å²) in [6, 6.07) is 13.6. The van der Waals surface area contributed by atoms with Crippen LogP contribution >= 0.6 is 23.2 Å². The van der Waals surface area contributed by atoms with E-state index in [2.05, 4.69) is 29.0 Å². The van der Waals surface area contributed by atoms with Gasteiger partial charge in [-0.05, 0) is 30.2 Å². The highest BCUT2D eigenvalue weighted by Gasteiger charge is 2.20. The molecule has 4 rings (SSSR count). The fourth-order valence-corrected chi connectivity index (χ4v) is 3.54. The molecule has 0 bridgehead atoms. The van der Waals surface area contributed by atoms with Crippen LogP contribution in [0.3, 0.4) is 0 Å². The summed E-state index contributed by atoms with van der Waals surface area (Å²) in [5.41, 5.74) is 9.81. The van der Waals surface area contributed by atoms with Gasteiger partial charge < -0.3 is 10.3 Å². The zero-order chi connectivity index (χ0) is 19.0. The molecule has 2 aliphatic rings. The van der Waals surface area contributed by atoms with Gasteiger partial charge in [-0.1, -0.05) is 53.5 Å². The standard InChI is InChI=1S/C20H17Cl2N5/c1-12-5-2-3-6-13(12)9-17-25-18-19(23)24-11-27(20(18)26-17)10-14-15(21)7-4-8-16(14)22/h2-8,11H,9-10,23H2,1H3. The average Bonchev–Trinajstić information content (AvgIpc) is 3.07. The first-order valence-corrected chi connectivity index (χ1v) is 9.23. The van der Waals surface area contributed by atoms with Gasteiger partial charge in [0.1, 0.15) is 5.82 Å². The third-order valence-corrected chi connectivity index (χ3v) is 5.25. The fourth-order valence-electron chi connectivity index (χ4n) is 3.03. The Balaban J connectivity index is 1.74. The summed E-state index contributed by atoms with van der Waals surface area (Å²) in [6.45, 7) is 2.51. The molecule has 2 aliphatic heterocycles. The molecular weight excluding hydrogens is 381 g/mol. The topological polar surface area (TPSA) is 69.6 Å². The summed E-state index contributed by atoms with van der Waals surface area (Å²) < 4.78 is 1.87. The van der Waals surface area contributed by atoms with Crippen molar-refractivity contribution in [2.45, 2.75) is 19.9 Å². The van der Waals surface area contributed by atoms with Gasteiger partial charge >= 0.3 is 0 Å². The Bertz CT molecular complexity index is 1070. The number of hydrogen-bond acceptors (Lipinski definition) is 4. The normalized spacial score (nSPS) is 11.2. The maximum absolute atomic E-state index is 6.31. The van der Waals surface area contributed by atoms with Gasteiger partial charge in [0.15, 0.2) is 17.3 Å². The first-order chi connectivity index (χ1) is 13.0. The molecule has 2 aromatic rings. The lowest BCUT2D eigenvalue weighted by Gasteiger charge is -2.13. The van der Waals surface area contributed by atoms with E-state index in [1.807, 2.05) is 34.9 Å². The molecule has 0 amide bonds. The molecule has 0 aliphatic carbocycles. The van der Waals surface area contributed by atoms with Crippen molar-refractivity contribution in [3.8, 4) is 11.5 Å². The number of rotatable bonds is 4. The minimum Gasteiger partial charge on any atom is -0.382 e. The number of nitrogens with two attached hydrogens (primary N) is 1. The number of halogens is 2. The predicted molar refractivity (Wildman–Crippen MR) is 108 cm³/mol. The second-order valence-electron chi connectivity index (χ2n) is 6.37. The number of nitrogens with zero attached hydrogens (tertiary/aromatic N) is 4. The van der Waals surface area contributed by atoms with Crippen LogP contribution in [0.1, 0.15) is 22.5 Å². The van der Waals surface area contributed by atoms with Crippen LogP contribution in [0.15, 0.2) is 48.8 Å². The van der Waals surface area contributed by atoms with Crippen molar-refractivity contribution < 1.29 is 0 Å². The minimum absolute atomic E-state index is 0.357.